The molecular weight excluding hydrogens is 330 g/mol. The quantitative estimate of drug-likeness (QED) is 0.863. The Balaban J connectivity index is 1.43. The lowest BCUT2D eigenvalue weighted by Crippen LogP contribution is -2.48. The molecule has 3 rings (SSSR count). The number of aromatic nitrogens is 1. The zero-order valence-corrected chi connectivity index (χ0v) is 15.0. The number of likely N-dealkylation sites (tertiary alicyclic amines) is 1. The molecule has 26 heavy (non-hydrogen) atoms. The Labute approximate surface area is 153 Å². The van der Waals surface area contributed by atoms with Crippen molar-refractivity contribution < 1.29 is 14.6 Å². The van der Waals surface area contributed by atoms with E-state index in [9.17, 15) is 9.90 Å². The molecule has 2 N–H and O–H groups in total. The molecule has 1 amide bonds. The number of hydrogen-bond donors (Lipinski definition) is 2. The van der Waals surface area contributed by atoms with Gasteiger partial charge in [0.15, 0.2) is 0 Å². The van der Waals surface area contributed by atoms with E-state index in [-0.39, 0.29) is 18.6 Å². The second kappa shape index (κ2) is 8.67. The molecule has 2 heterocycles. The molecule has 1 aliphatic rings. The number of nitrogens with one attached hydrogen (secondary N) is 1. The summed E-state index contributed by atoms with van der Waals surface area (Å²) in [6.07, 6.45) is 3.26. The molecule has 6 nitrogen and oxygen atoms in total. The van der Waals surface area contributed by atoms with Crippen molar-refractivity contribution in [3.63, 3.8) is 0 Å². The van der Waals surface area contributed by atoms with Crippen LogP contribution in [-0.4, -0.2) is 46.8 Å². The van der Waals surface area contributed by atoms with Crippen LogP contribution in [-0.2, 0) is 11.3 Å². The molecule has 6 heteroatoms. The predicted octanol–water partition coefficient (Wildman–Crippen LogP) is 2.82. The summed E-state index contributed by atoms with van der Waals surface area (Å²) in [4.78, 5) is 17.8. The van der Waals surface area contributed by atoms with Crippen LogP contribution in [0.15, 0.2) is 48.8 Å². The number of rotatable bonds is 5. The van der Waals surface area contributed by atoms with Crippen molar-refractivity contribution >= 4 is 11.8 Å². The van der Waals surface area contributed by atoms with Crippen LogP contribution in [0.3, 0.4) is 0 Å². The van der Waals surface area contributed by atoms with E-state index in [4.69, 9.17) is 4.74 Å². The number of amides is 1. The van der Waals surface area contributed by atoms with Crippen molar-refractivity contribution in [1.29, 1.82) is 0 Å². The maximum atomic E-state index is 12.2. The molecule has 1 aromatic heterocycles. The number of pyridine rings is 1. The van der Waals surface area contributed by atoms with Gasteiger partial charge in [0, 0.05) is 37.1 Å². The first-order valence-electron chi connectivity index (χ1n) is 8.91. The van der Waals surface area contributed by atoms with E-state index in [2.05, 4.69) is 10.3 Å². The highest BCUT2D eigenvalue weighted by molar-refractivity contribution is 5.67. The molecule has 0 aliphatic carbocycles. The molecular formula is C20H25N3O3. The number of hydrogen-bond acceptors (Lipinski definition) is 5. The molecule has 0 saturated carbocycles. The standard InChI is InChI=1S/C20H25N3O3/c1-15-2-4-16(5-3-15)14-26-20(25)23-11-8-17(19(24)13-23)12-22-18-6-9-21-10-7-18/h2-7,9-10,17,19,24H,8,11-14H2,1H3,(H,21,22)/t17?,19-/m1/s1. The Morgan fingerprint density at radius 2 is 2.00 bits per heavy atom. The number of benzene rings is 1. The average Bonchev–Trinajstić information content (AvgIpc) is 2.67. The van der Waals surface area contributed by atoms with E-state index in [1.807, 2.05) is 43.3 Å². The van der Waals surface area contributed by atoms with Gasteiger partial charge in [0.2, 0.25) is 0 Å². The summed E-state index contributed by atoms with van der Waals surface area (Å²) < 4.78 is 5.37. The Morgan fingerprint density at radius 3 is 2.69 bits per heavy atom. The lowest BCUT2D eigenvalue weighted by Gasteiger charge is -2.35. The number of β-amino-alcohol motifs (C(OH)–C–C–N with tert-alkyl or cyclic N) is 1. The number of aliphatic hydroxyl groups is 1. The molecule has 2 atom stereocenters. The second-order valence-corrected chi connectivity index (χ2v) is 6.72. The minimum absolute atomic E-state index is 0.101. The highest BCUT2D eigenvalue weighted by atomic mass is 16.6. The number of ether oxygens (including phenoxy) is 1. The minimum atomic E-state index is -0.565. The molecule has 0 radical (unpaired) electrons. The third kappa shape index (κ3) is 4.95. The van der Waals surface area contributed by atoms with Crippen molar-refractivity contribution in [3.05, 3.63) is 59.9 Å². The first-order valence-corrected chi connectivity index (χ1v) is 8.91. The van der Waals surface area contributed by atoms with Gasteiger partial charge in [0.05, 0.1) is 12.6 Å². The third-order valence-corrected chi connectivity index (χ3v) is 4.71. The maximum Gasteiger partial charge on any atom is 0.410 e. The van der Waals surface area contributed by atoms with E-state index in [1.54, 1.807) is 17.3 Å². The van der Waals surface area contributed by atoms with Crippen LogP contribution in [0, 0.1) is 12.8 Å². The maximum absolute atomic E-state index is 12.2. The Kier molecular flexibility index (Phi) is 6.07. The van der Waals surface area contributed by atoms with Gasteiger partial charge in [-0.3, -0.25) is 4.98 Å². The van der Waals surface area contributed by atoms with Crippen LogP contribution in [0.2, 0.25) is 0 Å². The van der Waals surface area contributed by atoms with Gasteiger partial charge in [-0.15, -0.1) is 0 Å². The topological polar surface area (TPSA) is 74.7 Å². The molecule has 1 aliphatic heterocycles. The van der Waals surface area contributed by atoms with Crippen molar-refractivity contribution in [2.75, 3.05) is 25.0 Å². The van der Waals surface area contributed by atoms with Crippen molar-refractivity contribution in [2.45, 2.75) is 26.1 Å². The fourth-order valence-corrected chi connectivity index (χ4v) is 3.02. The molecule has 2 aromatic rings. The van der Waals surface area contributed by atoms with Crippen molar-refractivity contribution in [3.8, 4) is 0 Å². The Morgan fingerprint density at radius 1 is 1.27 bits per heavy atom. The van der Waals surface area contributed by atoms with E-state index >= 15 is 0 Å². The zero-order valence-electron chi connectivity index (χ0n) is 15.0. The fourth-order valence-electron chi connectivity index (χ4n) is 3.02. The van der Waals surface area contributed by atoms with Crippen LogP contribution in [0.4, 0.5) is 10.5 Å². The third-order valence-electron chi connectivity index (χ3n) is 4.71. The van der Waals surface area contributed by atoms with Crippen LogP contribution in [0.25, 0.3) is 0 Å². The highest BCUT2D eigenvalue weighted by Gasteiger charge is 2.30. The van der Waals surface area contributed by atoms with Gasteiger partial charge in [0.25, 0.3) is 0 Å². The summed E-state index contributed by atoms with van der Waals surface area (Å²) in [6.45, 7) is 3.82. The van der Waals surface area contributed by atoms with E-state index in [1.165, 1.54) is 5.56 Å². The van der Waals surface area contributed by atoms with Gasteiger partial charge in [0.1, 0.15) is 6.61 Å². The van der Waals surface area contributed by atoms with Crippen LogP contribution in [0.1, 0.15) is 17.5 Å². The summed E-state index contributed by atoms with van der Waals surface area (Å²) in [5.41, 5.74) is 3.11. The first kappa shape index (κ1) is 18.2. The molecule has 1 saturated heterocycles. The van der Waals surface area contributed by atoms with Gasteiger partial charge in [-0.05, 0) is 31.0 Å². The SMILES string of the molecule is Cc1ccc(COC(=O)N2CCC(CNc3ccncc3)[C@H](O)C2)cc1. The summed E-state index contributed by atoms with van der Waals surface area (Å²) in [7, 11) is 0. The van der Waals surface area contributed by atoms with E-state index in [0.717, 1.165) is 17.7 Å². The second-order valence-electron chi connectivity index (χ2n) is 6.72. The number of aliphatic hydroxyl groups excluding tert-OH is 1. The number of carbonyl (C=O) groups is 1. The van der Waals surface area contributed by atoms with Gasteiger partial charge >= 0.3 is 6.09 Å². The normalized spacial score (nSPS) is 19.8. The molecule has 1 aromatic carbocycles. The van der Waals surface area contributed by atoms with Crippen LogP contribution >= 0.6 is 0 Å². The summed E-state index contributed by atoms with van der Waals surface area (Å²) in [5, 5.41) is 13.7. The van der Waals surface area contributed by atoms with Gasteiger partial charge in [-0.1, -0.05) is 29.8 Å². The molecule has 0 bridgehead atoms. The molecule has 0 spiro atoms. The van der Waals surface area contributed by atoms with Crippen LogP contribution in [0.5, 0.6) is 0 Å². The number of anilines is 1. The lowest BCUT2D eigenvalue weighted by molar-refractivity contribution is 0.0175. The van der Waals surface area contributed by atoms with Crippen molar-refractivity contribution in [1.82, 2.24) is 9.88 Å². The van der Waals surface area contributed by atoms with Crippen molar-refractivity contribution in [2.24, 2.45) is 5.92 Å². The predicted molar refractivity (Wildman–Crippen MR) is 99.8 cm³/mol. The van der Waals surface area contributed by atoms with E-state index < -0.39 is 6.10 Å². The smallest absolute Gasteiger partial charge is 0.410 e. The number of nitrogens with zero attached hydrogens (tertiary/aromatic N) is 2. The summed E-state index contributed by atoms with van der Waals surface area (Å²) >= 11 is 0. The fraction of sp³-hybridized carbons (Fsp3) is 0.400. The van der Waals surface area contributed by atoms with Gasteiger partial charge < -0.3 is 20.1 Å². The molecule has 138 valence electrons. The van der Waals surface area contributed by atoms with Gasteiger partial charge in [-0.2, -0.15) is 0 Å². The number of carbonyl (C=O) groups excluding carboxylic acids is 1. The molecule has 1 fully saturated rings. The summed E-state index contributed by atoms with van der Waals surface area (Å²) in [5.74, 6) is 0.101. The van der Waals surface area contributed by atoms with Crippen LogP contribution < -0.4 is 5.32 Å². The lowest BCUT2D eigenvalue weighted by atomic mass is 9.94. The zero-order chi connectivity index (χ0) is 18.4. The van der Waals surface area contributed by atoms with E-state index in [0.29, 0.717) is 19.6 Å². The Hall–Kier alpha value is -2.60. The Bertz CT molecular complexity index is 706. The van der Waals surface area contributed by atoms with Gasteiger partial charge in [-0.25, -0.2) is 4.79 Å². The minimum Gasteiger partial charge on any atom is -0.445 e. The first-order chi connectivity index (χ1) is 12.6. The largest absolute Gasteiger partial charge is 0.445 e. The number of piperidine rings is 1. The average molecular weight is 355 g/mol. The molecule has 1 unspecified atom stereocenters. The number of aryl methyl sites for hydroxylation is 1. The monoisotopic (exact) mass is 355 g/mol. The highest BCUT2D eigenvalue weighted by Crippen LogP contribution is 2.20. The summed E-state index contributed by atoms with van der Waals surface area (Å²) in [6, 6.07) is 11.7.